The average Bonchev–Trinajstić information content (AvgIpc) is 2.65. The Bertz CT molecular complexity index is 652. The SMILES string of the molecule is CCCOc1ccccc1CCCNC(=O)Cc1ccc(OC)cc1. The number of hydrogen-bond acceptors (Lipinski definition) is 3. The summed E-state index contributed by atoms with van der Waals surface area (Å²) >= 11 is 0. The van der Waals surface area contributed by atoms with Crippen molar-refractivity contribution >= 4 is 5.91 Å². The Morgan fingerprint density at radius 3 is 2.56 bits per heavy atom. The zero-order valence-electron chi connectivity index (χ0n) is 15.1. The van der Waals surface area contributed by atoms with Crippen LogP contribution in [0.3, 0.4) is 0 Å². The Morgan fingerprint density at radius 1 is 1.08 bits per heavy atom. The molecule has 0 atom stereocenters. The molecule has 2 aromatic carbocycles. The summed E-state index contributed by atoms with van der Waals surface area (Å²) in [5, 5.41) is 2.98. The maximum Gasteiger partial charge on any atom is 0.224 e. The van der Waals surface area contributed by atoms with Gasteiger partial charge in [-0.15, -0.1) is 0 Å². The van der Waals surface area contributed by atoms with Gasteiger partial charge in [0.05, 0.1) is 20.1 Å². The second-order valence-electron chi connectivity index (χ2n) is 5.93. The van der Waals surface area contributed by atoms with E-state index in [-0.39, 0.29) is 5.91 Å². The van der Waals surface area contributed by atoms with Crippen LogP contribution in [0.25, 0.3) is 0 Å². The van der Waals surface area contributed by atoms with Crippen LogP contribution in [0.4, 0.5) is 0 Å². The van der Waals surface area contributed by atoms with Gasteiger partial charge >= 0.3 is 0 Å². The van der Waals surface area contributed by atoms with Crippen molar-refractivity contribution < 1.29 is 14.3 Å². The second kappa shape index (κ2) is 10.4. The lowest BCUT2D eigenvalue weighted by atomic mass is 10.1. The lowest BCUT2D eigenvalue weighted by Crippen LogP contribution is -2.26. The van der Waals surface area contributed by atoms with Gasteiger partial charge < -0.3 is 14.8 Å². The number of nitrogens with one attached hydrogen (secondary N) is 1. The van der Waals surface area contributed by atoms with Crippen molar-refractivity contribution in [2.24, 2.45) is 0 Å². The van der Waals surface area contributed by atoms with E-state index in [0.717, 1.165) is 42.9 Å². The molecule has 0 unspecified atom stereocenters. The largest absolute Gasteiger partial charge is 0.497 e. The van der Waals surface area contributed by atoms with Gasteiger partial charge in [0.25, 0.3) is 0 Å². The van der Waals surface area contributed by atoms with Gasteiger partial charge in [-0.1, -0.05) is 37.3 Å². The van der Waals surface area contributed by atoms with E-state index in [0.29, 0.717) is 13.0 Å². The minimum atomic E-state index is 0.0423. The van der Waals surface area contributed by atoms with Gasteiger partial charge in [0.1, 0.15) is 11.5 Å². The van der Waals surface area contributed by atoms with Crippen LogP contribution in [-0.2, 0) is 17.6 Å². The molecule has 4 heteroatoms. The molecule has 1 amide bonds. The van der Waals surface area contributed by atoms with Crippen LogP contribution in [0, 0.1) is 0 Å². The quantitative estimate of drug-likeness (QED) is 0.669. The zero-order valence-corrected chi connectivity index (χ0v) is 15.1. The van der Waals surface area contributed by atoms with E-state index in [1.165, 1.54) is 5.56 Å². The fourth-order valence-electron chi connectivity index (χ4n) is 2.56. The smallest absolute Gasteiger partial charge is 0.224 e. The van der Waals surface area contributed by atoms with Crippen LogP contribution in [0.5, 0.6) is 11.5 Å². The van der Waals surface area contributed by atoms with Gasteiger partial charge in [-0.25, -0.2) is 0 Å². The van der Waals surface area contributed by atoms with Crippen molar-refractivity contribution in [2.45, 2.75) is 32.6 Å². The highest BCUT2D eigenvalue weighted by molar-refractivity contribution is 5.78. The molecule has 2 rings (SSSR count). The van der Waals surface area contributed by atoms with Crippen LogP contribution in [-0.4, -0.2) is 26.2 Å². The summed E-state index contributed by atoms with van der Waals surface area (Å²) in [5.74, 6) is 1.79. The number of para-hydroxylation sites is 1. The number of carbonyl (C=O) groups is 1. The molecule has 0 radical (unpaired) electrons. The molecule has 4 nitrogen and oxygen atoms in total. The van der Waals surface area contributed by atoms with E-state index < -0.39 is 0 Å². The normalized spacial score (nSPS) is 10.3. The second-order valence-corrected chi connectivity index (χ2v) is 5.93. The van der Waals surface area contributed by atoms with E-state index in [1.54, 1.807) is 7.11 Å². The summed E-state index contributed by atoms with van der Waals surface area (Å²) in [6, 6.07) is 15.7. The maximum atomic E-state index is 12.0. The Morgan fingerprint density at radius 2 is 1.84 bits per heavy atom. The monoisotopic (exact) mass is 341 g/mol. The number of benzene rings is 2. The lowest BCUT2D eigenvalue weighted by Gasteiger charge is -2.11. The zero-order chi connectivity index (χ0) is 17.9. The van der Waals surface area contributed by atoms with Gasteiger partial charge in [0.15, 0.2) is 0 Å². The highest BCUT2D eigenvalue weighted by Gasteiger charge is 2.05. The van der Waals surface area contributed by atoms with Crippen molar-refractivity contribution in [1.82, 2.24) is 5.32 Å². The molecular formula is C21H27NO3. The van der Waals surface area contributed by atoms with Crippen LogP contribution in [0.2, 0.25) is 0 Å². The topological polar surface area (TPSA) is 47.6 Å². The Labute approximate surface area is 150 Å². The predicted molar refractivity (Wildman–Crippen MR) is 100 cm³/mol. The summed E-state index contributed by atoms with van der Waals surface area (Å²) in [5.41, 5.74) is 2.18. The van der Waals surface area contributed by atoms with Crippen LogP contribution in [0.15, 0.2) is 48.5 Å². The van der Waals surface area contributed by atoms with E-state index in [9.17, 15) is 4.79 Å². The third kappa shape index (κ3) is 6.49. The first kappa shape index (κ1) is 18.8. The summed E-state index contributed by atoms with van der Waals surface area (Å²) in [6.07, 6.45) is 3.17. The van der Waals surface area contributed by atoms with Crippen molar-refractivity contribution in [3.05, 3.63) is 59.7 Å². The number of carbonyl (C=O) groups excluding carboxylic acids is 1. The average molecular weight is 341 g/mol. The molecular weight excluding hydrogens is 314 g/mol. The molecule has 0 spiro atoms. The van der Waals surface area contributed by atoms with Crippen molar-refractivity contribution in [1.29, 1.82) is 0 Å². The molecule has 0 aliphatic carbocycles. The lowest BCUT2D eigenvalue weighted by molar-refractivity contribution is -0.120. The van der Waals surface area contributed by atoms with Crippen molar-refractivity contribution in [3.63, 3.8) is 0 Å². The maximum absolute atomic E-state index is 12.0. The highest BCUT2D eigenvalue weighted by Crippen LogP contribution is 2.19. The number of methoxy groups -OCH3 is 1. The summed E-state index contributed by atoms with van der Waals surface area (Å²) in [6.45, 7) is 3.49. The van der Waals surface area contributed by atoms with Gasteiger partial charge in [0, 0.05) is 6.54 Å². The van der Waals surface area contributed by atoms with Gasteiger partial charge in [-0.3, -0.25) is 4.79 Å². The van der Waals surface area contributed by atoms with Gasteiger partial charge in [-0.05, 0) is 48.6 Å². The van der Waals surface area contributed by atoms with Gasteiger partial charge in [-0.2, -0.15) is 0 Å². The highest BCUT2D eigenvalue weighted by atomic mass is 16.5. The number of rotatable bonds is 10. The van der Waals surface area contributed by atoms with E-state index in [2.05, 4.69) is 18.3 Å². The Kier molecular flexibility index (Phi) is 7.83. The summed E-state index contributed by atoms with van der Waals surface area (Å²) < 4.78 is 10.9. The van der Waals surface area contributed by atoms with E-state index >= 15 is 0 Å². The number of aryl methyl sites for hydroxylation is 1. The number of amides is 1. The van der Waals surface area contributed by atoms with Crippen molar-refractivity contribution in [2.75, 3.05) is 20.3 Å². The Balaban J connectivity index is 1.72. The first-order valence-electron chi connectivity index (χ1n) is 8.83. The molecule has 2 aromatic rings. The molecule has 0 heterocycles. The fraction of sp³-hybridized carbons (Fsp3) is 0.381. The van der Waals surface area contributed by atoms with Crippen LogP contribution >= 0.6 is 0 Å². The molecule has 0 aliphatic rings. The van der Waals surface area contributed by atoms with E-state index in [1.807, 2.05) is 42.5 Å². The molecule has 0 bridgehead atoms. The summed E-state index contributed by atoms with van der Waals surface area (Å²) in [4.78, 5) is 12.0. The van der Waals surface area contributed by atoms with Crippen molar-refractivity contribution in [3.8, 4) is 11.5 Å². The fourth-order valence-corrected chi connectivity index (χ4v) is 2.56. The summed E-state index contributed by atoms with van der Waals surface area (Å²) in [7, 11) is 1.63. The number of hydrogen-bond donors (Lipinski definition) is 1. The van der Waals surface area contributed by atoms with Gasteiger partial charge in [0.2, 0.25) is 5.91 Å². The first-order valence-corrected chi connectivity index (χ1v) is 8.83. The minimum Gasteiger partial charge on any atom is -0.497 e. The van der Waals surface area contributed by atoms with Crippen LogP contribution < -0.4 is 14.8 Å². The molecule has 1 N–H and O–H groups in total. The molecule has 134 valence electrons. The third-order valence-electron chi connectivity index (χ3n) is 3.90. The molecule has 0 saturated carbocycles. The Hall–Kier alpha value is -2.49. The van der Waals surface area contributed by atoms with E-state index in [4.69, 9.17) is 9.47 Å². The molecule has 0 saturated heterocycles. The van der Waals surface area contributed by atoms with Crippen LogP contribution in [0.1, 0.15) is 30.9 Å². The molecule has 0 fully saturated rings. The standard InChI is InChI=1S/C21H27NO3/c1-3-15-25-20-9-5-4-7-18(20)8-6-14-22-21(23)16-17-10-12-19(24-2)13-11-17/h4-5,7,9-13H,3,6,8,14-16H2,1-2H3,(H,22,23). The predicted octanol–water partition coefficient (Wildman–Crippen LogP) is 3.78. The molecule has 0 aromatic heterocycles. The molecule has 25 heavy (non-hydrogen) atoms. The minimum absolute atomic E-state index is 0.0423. The molecule has 0 aliphatic heterocycles. The first-order chi connectivity index (χ1) is 12.2. The third-order valence-corrected chi connectivity index (χ3v) is 3.90. The number of ether oxygens (including phenoxy) is 2.